The van der Waals surface area contributed by atoms with E-state index >= 15 is 0 Å². The number of benzene rings is 2. The van der Waals surface area contributed by atoms with E-state index < -0.39 is 6.61 Å². The fourth-order valence-corrected chi connectivity index (χ4v) is 2.37. The molecule has 0 aliphatic heterocycles. The Balaban J connectivity index is 1.86. The maximum atomic E-state index is 12.4. The predicted molar refractivity (Wildman–Crippen MR) is 108 cm³/mol. The van der Waals surface area contributed by atoms with Gasteiger partial charge in [-0.1, -0.05) is 30.3 Å². The van der Waals surface area contributed by atoms with Crippen LogP contribution in [0.3, 0.4) is 0 Å². The van der Waals surface area contributed by atoms with Crippen molar-refractivity contribution >= 4 is 23.7 Å². The van der Waals surface area contributed by atoms with E-state index in [4.69, 9.17) is 0 Å². The van der Waals surface area contributed by atoms with E-state index in [1.165, 1.54) is 18.2 Å². The maximum Gasteiger partial charge on any atom is 0.387 e. The molecule has 29 heavy (non-hydrogen) atoms. The number of nitrogens with one attached hydrogen (secondary N) is 3. The number of halogens is 2. The molecule has 0 aliphatic rings. The van der Waals surface area contributed by atoms with Crippen molar-refractivity contribution in [2.24, 2.45) is 0 Å². The summed E-state index contributed by atoms with van der Waals surface area (Å²) < 4.78 is 29.2. The van der Waals surface area contributed by atoms with Crippen LogP contribution in [0.4, 0.5) is 19.3 Å². The van der Waals surface area contributed by atoms with Gasteiger partial charge in [0.25, 0.3) is 0 Å². The number of carbonyl (C=O) groups is 2. The van der Waals surface area contributed by atoms with Crippen LogP contribution in [0.5, 0.6) is 5.75 Å². The summed E-state index contributed by atoms with van der Waals surface area (Å²) in [6.07, 6.45) is 2.66. The van der Waals surface area contributed by atoms with Crippen LogP contribution < -0.4 is 20.7 Å². The molecule has 2 rings (SSSR count). The molecule has 0 aliphatic carbocycles. The summed E-state index contributed by atoms with van der Waals surface area (Å²) in [5, 5.41) is 8.13. The summed E-state index contributed by atoms with van der Waals surface area (Å²) in [6, 6.07) is 13.0. The van der Waals surface area contributed by atoms with Gasteiger partial charge in [-0.3, -0.25) is 4.79 Å². The Kier molecular flexibility index (Phi) is 8.14. The van der Waals surface area contributed by atoms with Crippen molar-refractivity contribution in [3.05, 3.63) is 65.7 Å². The van der Waals surface area contributed by atoms with Crippen molar-refractivity contribution in [2.45, 2.75) is 33.0 Å². The summed E-state index contributed by atoms with van der Waals surface area (Å²) >= 11 is 0. The van der Waals surface area contributed by atoms with Gasteiger partial charge in [0.05, 0.1) is 0 Å². The quantitative estimate of drug-likeness (QED) is 0.580. The molecule has 0 aromatic heterocycles. The van der Waals surface area contributed by atoms with E-state index in [9.17, 15) is 18.4 Å². The second-order valence-corrected chi connectivity index (χ2v) is 6.42. The lowest BCUT2D eigenvalue weighted by Gasteiger charge is -2.10. The number of anilines is 1. The number of alkyl halides is 2. The highest BCUT2D eigenvalue weighted by Gasteiger charge is 2.07. The van der Waals surface area contributed by atoms with Crippen LogP contribution in [0.2, 0.25) is 0 Å². The third-order valence-electron chi connectivity index (χ3n) is 3.65. The van der Waals surface area contributed by atoms with Crippen molar-refractivity contribution in [1.82, 2.24) is 10.6 Å². The average molecular weight is 403 g/mol. The van der Waals surface area contributed by atoms with Crippen LogP contribution in [-0.2, 0) is 11.3 Å². The van der Waals surface area contributed by atoms with Gasteiger partial charge in [0.15, 0.2) is 0 Å². The number of ether oxygens (including phenoxy) is 1. The van der Waals surface area contributed by atoms with Crippen molar-refractivity contribution in [2.75, 3.05) is 5.32 Å². The normalized spacial score (nSPS) is 11.0. The molecule has 0 bridgehead atoms. The molecule has 0 saturated carbocycles. The number of hydrogen-bond donors (Lipinski definition) is 3. The highest BCUT2D eigenvalue weighted by atomic mass is 19.3. The molecule has 8 heteroatoms. The predicted octanol–water partition coefficient (Wildman–Crippen LogP) is 4.15. The van der Waals surface area contributed by atoms with E-state index in [2.05, 4.69) is 20.7 Å². The van der Waals surface area contributed by atoms with Gasteiger partial charge in [-0.05, 0) is 43.7 Å². The number of urea groups is 1. The first-order chi connectivity index (χ1) is 13.8. The van der Waals surface area contributed by atoms with E-state index in [0.29, 0.717) is 11.3 Å². The van der Waals surface area contributed by atoms with Crippen LogP contribution in [0.15, 0.2) is 54.6 Å². The minimum Gasteiger partial charge on any atom is -0.434 e. The number of hydrogen-bond acceptors (Lipinski definition) is 3. The second kappa shape index (κ2) is 10.8. The van der Waals surface area contributed by atoms with Gasteiger partial charge in [0, 0.05) is 29.9 Å². The molecule has 0 fully saturated rings. The number of para-hydroxylation sites is 1. The lowest BCUT2D eigenvalue weighted by Crippen LogP contribution is -2.34. The molecule has 0 radical (unpaired) electrons. The molecule has 0 heterocycles. The highest BCUT2D eigenvalue weighted by molar-refractivity contribution is 5.92. The number of carbonyl (C=O) groups excluding carboxylic acids is 2. The topological polar surface area (TPSA) is 79.5 Å². The summed E-state index contributed by atoms with van der Waals surface area (Å²) in [5.74, 6) is -0.383. The van der Waals surface area contributed by atoms with Gasteiger partial charge in [-0.15, -0.1) is 0 Å². The maximum absolute atomic E-state index is 12.4. The van der Waals surface area contributed by atoms with E-state index in [0.717, 1.165) is 5.56 Å². The molecular formula is C21H23F2N3O3. The van der Waals surface area contributed by atoms with Crippen LogP contribution in [0.25, 0.3) is 6.08 Å². The standard InChI is InChI=1S/C21H23F2N3O3/c1-14(2)25-21(28)26-17-10-7-15(8-11-17)13-24-19(27)12-9-16-5-3-4-6-18(16)29-20(22)23/h3-12,14,20H,13H2,1-2H3,(H,24,27)(H2,25,26,28). The van der Waals surface area contributed by atoms with Gasteiger partial charge >= 0.3 is 12.6 Å². The monoisotopic (exact) mass is 403 g/mol. The molecule has 2 aromatic carbocycles. The average Bonchev–Trinajstić information content (AvgIpc) is 2.65. The first-order valence-electron chi connectivity index (χ1n) is 8.99. The molecular weight excluding hydrogens is 380 g/mol. The zero-order valence-electron chi connectivity index (χ0n) is 16.1. The number of amides is 3. The number of rotatable bonds is 8. The minimum atomic E-state index is -2.94. The Morgan fingerprint density at radius 2 is 1.76 bits per heavy atom. The molecule has 2 aromatic rings. The third-order valence-corrected chi connectivity index (χ3v) is 3.65. The Bertz CT molecular complexity index is 853. The van der Waals surface area contributed by atoms with E-state index in [1.54, 1.807) is 42.5 Å². The summed E-state index contributed by atoms with van der Waals surface area (Å²) in [5.41, 5.74) is 1.84. The zero-order valence-corrected chi connectivity index (χ0v) is 16.1. The van der Waals surface area contributed by atoms with Crippen LogP contribution in [0, 0.1) is 0 Å². The summed E-state index contributed by atoms with van der Waals surface area (Å²) in [7, 11) is 0. The summed E-state index contributed by atoms with van der Waals surface area (Å²) in [6.45, 7) is 1.07. The van der Waals surface area contributed by atoms with Gasteiger partial charge in [0.2, 0.25) is 5.91 Å². The van der Waals surface area contributed by atoms with Crippen LogP contribution in [-0.4, -0.2) is 24.6 Å². The molecule has 0 spiro atoms. The molecule has 3 amide bonds. The fourth-order valence-electron chi connectivity index (χ4n) is 2.37. The van der Waals surface area contributed by atoms with Gasteiger partial charge in [-0.25, -0.2) is 4.79 Å². The summed E-state index contributed by atoms with van der Waals surface area (Å²) in [4.78, 5) is 23.6. The van der Waals surface area contributed by atoms with Gasteiger partial charge < -0.3 is 20.7 Å². The van der Waals surface area contributed by atoms with Gasteiger partial charge in [-0.2, -0.15) is 8.78 Å². The Labute approximate surface area is 168 Å². The second-order valence-electron chi connectivity index (χ2n) is 6.42. The Morgan fingerprint density at radius 3 is 2.41 bits per heavy atom. The van der Waals surface area contributed by atoms with Crippen molar-refractivity contribution in [3.8, 4) is 5.75 Å². The van der Waals surface area contributed by atoms with Crippen LogP contribution >= 0.6 is 0 Å². The SMILES string of the molecule is CC(C)NC(=O)Nc1ccc(CNC(=O)C=Cc2ccccc2OC(F)F)cc1. The zero-order chi connectivity index (χ0) is 21.2. The van der Waals surface area contributed by atoms with E-state index in [1.807, 2.05) is 13.8 Å². The Hall–Kier alpha value is -3.42. The first kappa shape index (κ1) is 21.9. The smallest absolute Gasteiger partial charge is 0.387 e. The van der Waals surface area contributed by atoms with E-state index in [-0.39, 0.29) is 30.3 Å². The van der Waals surface area contributed by atoms with Crippen molar-refractivity contribution in [3.63, 3.8) is 0 Å². The highest BCUT2D eigenvalue weighted by Crippen LogP contribution is 2.21. The molecule has 6 nitrogen and oxygen atoms in total. The fraction of sp³-hybridized carbons (Fsp3) is 0.238. The minimum absolute atomic E-state index is 0.00357. The first-order valence-corrected chi connectivity index (χ1v) is 8.99. The molecule has 0 saturated heterocycles. The Morgan fingerprint density at radius 1 is 1.07 bits per heavy atom. The lowest BCUT2D eigenvalue weighted by atomic mass is 10.2. The molecule has 0 unspecified atom stereocenters. The van der Waals surface area contributed by atoms with Crippen molar-refractivity contribution < 1.29 is 23.1 Å². The van der Waals surface area contributed by atoms with Gasteiger partial charge in [0.1, 0.15) is 5.75 Å². The lowest BCUT2D eigenvalue weighted by molar-refractivity contribution is -0.116. The van der Waals surface area contributed by atoms with Crippen molar-refractivity contribution in [1.29, 1.82) is 0 Å². The largest absolute Gasteiger partial charge is 0.434 e. The molecule has 0 atom stereocenters. The third kappa shape index (κ3) is 8.00. The van der Waals surface area contributed by atoms with Crippen LogP contribution in [0.1, 0.15) is 25.0 Å². The molecule has 3 N–H and O–H groups in total. The molecule has 154 valence electrons.